The molecule has 0 aliphatic carbocycles. The molecule has 1 heterocycles. The highest BCUT2D eigenvalue weighted by molar-refractivity contribution is 6.02. The van der Waals surface area contributed by atoms with Crippen molar-refractivity contribution < 1.29 is 14.3 Å². The average Bonchev–Trinajstić information content (AvgIpc) is 2.72. The van der Waals surface area contributed by atoms with Crippen LogP contribution in [0, 0.1) is 12.8 Å². The van der Waals surface area contributed by atoms with E-state index in [4.69, 9.17) is 4.74 Å². The van der Waals surface area contributed by atoms with Crippen molar-refractivity contribution in [2.24, 2.45) is 5.92 Å². The lowest BCUT2D eigenvalue weighted by molar-refractivity contribution is -0.118. The van der Waals surface area contributed by atoms with Crippen LogP contribution in [-0.4, -0.2) is 44.2 Å². The number of ether oxygens (including phenoxy) is 1. The van der Waals surface area contributed by atoms with Crippen LogP contribution in [0.25, 0.3) is 0 Å². The van der Waals surface area contributed by atoms with E-state index >= 15 is 0 Å². The monoisotopic (exact) mass is 395 g/mol. The molecule has 1 fully saturated rings. The molecule has 6 nitrogen and oxygen atoms in total. The molecular weight excluding hydrogens is 366 g/mol. The number of rotatable bonds is 6. The molecule has 1 atom stereocenters. The first-order chi connectivity index (χ1) is 14.0. The zero-order valence-electron chi connectivity index (χ0n) is 17.3. The Bertz CT molecular complexity index is 860. The lowest BCUT2D eigenvalue weighted by Gasteiger charge is -2.31. The minimum Gasteiger partial charge on any atom is -0.378 e. The minimum atomic E-state index is -0.638. The second-order valence-electron chi connectivity index (χ2n) is 7.67. The first kappa shape index (κ1) is 20.9. The Hall–Kier alpha value is -2.86. The van der Waals surface area contributed by atoms with Gasteiger partial charge in [-0.1, -0.05) is 43.7 Å². The highest BCUT2D eigenvalue weighted by atomic mass is 16.5. The van der Waals surface area contributed by atoms with Crippen LogP contribution in [0.2, 0.25) is 0 Å². The molecule has 0 saturated carbocycles. The van der Waals surface area contributed by atoms with E-state index in [1.165, 1.54) is 0 Å². The van der Waals surface area contributed by atoms with Gasteiger partial charge in [-0.3, -0.25) is 9.59 Å². The summed E-state index contributed by atoms with van der Waals surface area (Å²) in [5, 5.41) is 5.92. The van der Waals surface area contributed by atoms with Crippen LogP contribution < -0.4 is 15.5 Å². The lowest BCUT2D eigenvalue weighted by Crippen LogP contribution is -2.47. The fraction of sp³-hybridized carbons (Fsp3) is 0.391. The third-order valence-electron chi connectivity index (χ3n) is 5.03. The second-order valence-corrected chi connectivity index (χ2v) is 7.67. The van der Waals surface area contributed by atoms with Crippen LogP contribution in [0.5, 0.6) is 0 Å². The number of nitrogens with zero attached hydrogens (tertiary/aromatic N) is 1. The number of nitrogens with one attached hydrogen (secondary N) is 2. The lowest BCUT2D eigenvalue weighted by atomic mass is 10.0. The molecule has 1 aliphatic heterocycles. The molecule has 0 aromatic heterocycles. The smallest absolute Gasteiger partial charge is 0.251 e. The molecule has 2 aromatic rings. The number of hydrogen-bond acceptors (Lipinski definition) is 4. The molecule has 2 amide bonds. The van der Waals surface area contributed by atoms with Gasteiger partial charge in [0.15, 0.2) is 0 Å². The van der Waals surface area contributed by atoms with Gasteiger partial charge in [0, 0.05) is 18.7 Å². The third-order valence-corrected chi connectivity index (χ3v) is 5.03. The number of benzene rings is 2. The van der Waals surface area contributed by atoms with E-state index in [1.807, 2.05) is 63.2 Å². The summed E-state index contributed by atoms with van der Waals surface area (Å²) >= 11 is 0. The average molecular weight is 396 g/mol. The summed E-state index contributed by atoms with van der Waals surface area (Å²) in [5.74, 6) is -0.523. The van der Waals surface area contributed by atoms with Crippen molar-refractivity contribution in [1.82, 2.24) is 5.32 Å². The Balaban J connectivity index is 1.74. The van der Waals surface area contributed by atoms with Gasteiger partial charge in [0.1, 0.15) is 6.04 Å². The van der Waals surface area contributed by atoms with Crippen LogP contribution in [0.4, 0.5) is 11.4 Å². The zero-order chi connectivity index (χ0) is 20.8. The van der Waals surface area contributed by atoms with Gasteiger partial charge in [-0.25, -0.2) is 0 Å². The summed E-state index contributed by atoms with van der Waals surface area (Å²) in [6.45, 7) is 8.69. The summed E-state index contributed by atoms with van der Waals surface area (Å²) < 4.78 is 5.43. The number of aryl methyl sites for hydroxylation is 1. The van der Waals surface area contributed by atoms with Crippen LogP contribution in [-0.2, 0) is 9.53 Å². The first-order valence-electron chi connectivity index (χ1n) is 10.1. The summed E-state index contributed by atoms with van der Waals surface area (Å²) in [5.41, 5.74) is 3.27. The Morgan fingerprint density at radius 1 is 1.03 bits per heavy atom. The van der Waals surface area contributed by atoms with Gasteiger partial charge in [0.05, 0.1) is 24.6 Å². The van der Waals surface area contributed by atoms with Crippen molar-refractivity contribution in [3.8, 4) is 0 Å². The van der Waals surface area contributed by atoms with Gasteiger partial charge in [-0.15, -0.1) is 0 Å². The standard InChI is InChI=1S/C23H29N3O3/c1-16(2)21(25-22(27)18-8-6-7-17(3)15-18)23(28)24-19-9-4-5-10-20(19)26-11-13-29-14-12-26/h4-10,15-16,21H,11-14H2,1-3H3,(H,24,28)(H,25,27)/t21-/m0/s1. The fourth-order valence-corrected chi connectivity index (χ4v) is 3.42. The second kappa shape index (κ2) is 9.56. The highest BCUT2D eigenvalue weighted by Gasteiger charge is 2.26. The molecule has 2 N–H and O–H groups in total. The van der Waals surface area contributed by atoms with Crippen LogP contribution in [0.1, 0.15) is 29.8 Å². The van der Waals surface area contributed by atoms with Gasteiger partial charge >= 0.3 is 0 Å². The number of anilines is 2. The topological polar surface area (TPSA) is 70.7 Å². The maximum absolute atomic E-state index is 13.1. The quantitative estimate of drug-likeness (QED) is 0.788. The Labute approximate surface area is 172 Å². The van der Waals surface area contributed by atoms with Gasteiger partial charge < -0.3 is 20.3 Å². The van der Waals surface area contributed by atoms with Crippen molar-refractivity contribution in [3.05, 3.63) is 59.7 Å². The van der Waals surface area contributed by atoms with Gasteiger partial charge in [-0.2, -0.15) is 0 Å². The summed E-state index contributed by atoms with van der Waals surface area (Å²) in [6.07, 6.45) is 0. The molecule has 1 aliphatic rings. The molecule has 6 heteroatoms. The van der Waals surface area contributed by atoms with Crippen molar-refractivity contribution in [2.45, 2.75) is 26.8 Å². The Morgan fingerprint density at radius 3 is 2.45 bits per heavy atom. The normalized spacial score (nSPS) is 15.1. The fourth-order valence-electron chi connectivity index (χ4n) is 3.42. The summed E-state index contributed by atoms with van der Waals surface area (Å²) in [6, 6.07) is 14.5. The van der Waals surface area contributed by atoms with Crippen molar-refractivity contribution in [1.29, 1.82) is 0 Å². The van der Waals surface area contributed by atoms with Crippen molar-refractivity contribution in [3.63, 3.8) is 0 Å². The van der Waals surface area contributed by atoms with E-state index in [9.17, 15) is 9.59 Å². The number of morpholine rings is 1. The number of carbonyl (C=O) groups excluding carboxylic acids is 2. The summed E-state index contributed by atoms with van der Waals surface area (Å²) in [4.78, 5) is 27.9. The van der Waals surface area contributed by atoms with E-state index in [1.54, 1.807) is 6.07 Å². The predicted molar refractivity (Wildman–Crippen MR) is 115 cm³/mol. The molecule has 154 valence electrons. The Kier molecular flexibility index (Phi) is 6.88. The van der Waals surface area contributed by atoms with E-state index in [0.29, 0.717) is 18.8 Å². The van der Waals surface area contributed by atoms with Gasteiger partial charge in [-0.05, 0) is 37.1 Å². The molecule has 0 bridgehead atoms. The van der Waals surface area contributed by atoms with E-state index in [2.05, 4.69) is 15.5 Å². The summed E-state index contributed by atoms with van der Waals surface area (Å²) in [7, 11) is 0. The molecular formula is C23H29N3O3. The molecule has 29 heavy (non-hydrogen) atoms. The highest BCUT2D eigenvalue weighted by Crippen LogP contribution is 2.26. The Morgan fingerprint density at radius 2 is 1.76 bits per heavy atom. The molecule has 1 saturated heterocycles. The van der Waals surface area contributed by atoms with Crippen molar-refractivity contribution in [2.75, 3.05) is 36.5 Å². The zero-order valence-corrected chi connectivity index (χ0v) is 17.3. The number of amides is 2. The number of carbonyl (C=O) groups is 2. The van der Waals surface area contributed by atoms with Crippen LogP contribution in [0.3, 0.4) is 0 Å². The van der Waals surface area contributed by atoms with Gasteiger partial charge in [0.25, 0.3) is 5.91 Å². The molecule has 2 aromatic carbocycles. The van der Waals surface area contributed by atoms with Crippen molar-refractivity contribution >= 4 is 23.2 Å². The first-order valence-corrected chi connectivity index (χ1v) is 10.1. The largest absolute Gasteiger partial charge is 0.378 e. The van der Waals surface area contributed by atoms with Crippen LogP contribution >= 0.6 is 0 Å². The molecule has 0 spiro atoms. The van der Waals surface area contributed by atoms with Crippen LogP contribution in [0.15, 0.2) is 48.5 Å². The van der Waals surface area contributed by atoms with E-state index in [0.717, 1.165) is 30.0 Å². The minimum absolute atomic E-state index is 0.0562. The third kappa shape index (κ3) is 5.35. The molecule has 3 rings (SSSR count). The predicted octanol–water partition coefficient (Wildman–Crippen LogP) is 3.22. The molecule has 0 unspecified atom stereocenters. The van der Waals surface area contributed by atoms with E-state index in [-0.39, 0.29) is 17.7 Å². The maximum Gasteiger partial charge on any atom is 0.251 e. The number of hydrogen-bond donors (Lipinski definition) is 2. The van der Waals surface area contributed by atoms with E-state index < -0.39 is 6.04 Å². The SMILES string of the molecule is Cc1cccc(C(=O)N[C@H](C(=O)Nc2ccccc2N2CCOCC2)C(C)C)c1. The maximum atomic E-state index is 13.1. The molecule has 0 radical (unpaired) electrons. The van der Waals surface area contributed by atoms with Gasteiger partial charge in [0.2, 0.25) is 5.91 Å². The number of para-hydroxylation sites is 2.